The molecule has 6 heteroatoms. The van der Waals surface area contributed by atoms with Crippen molar-refractivity contribution in [1.82, 2.24) is 0 Å². The molecule has 0 N–H and O–H groups in total. The van der Waals surface area contributed by atoms with Crippen LogP contribution in [0.4, 0.5) is 4.39 Å². The van der Waals surface area contributed by atoms with E-state index in [1.807, 2.05) is 0 Å². The zero-order valence-electron chi connectivity index (χ0n) is 12.0. The summed E-state index contributed by atoms with van der Waals surface area (Å²) in [6.45, 7) is 2.42. The first-order chi connectivity index (χ1) is 10.5. The van der Waals surface area contributed by atoms with Crippen LogP contribution in [-0.4, -0.2) is 21.6 Å². The van der Waals surface area contributed by atoms with Crippen molar-refractivity contribution in [3.05, 3.63) is 59.4 Å². The number of rotatable bonds is 3. The van der Waals surface area contributed by atoms with Gasteiger partial charge in [-0.25, -0.2) is 12.8 Å². The van der Waals surface area contributed by atoms with Gasteiger partial charge in [0.15, 0.2) is 6.29 Å². The highest BCUT2D eigenvalue weighted by Gasteiger charge is 2.31. The number of ether oxygens (including phenoxy) is 2. The molecular formula is C16H15FO4S. The highest BCUT2D eigenvalue weighted by atomic mass is 32.2. The van der Waals surface area contributed by atoms with Gasteiger partial charge in [-0.1, -0.05) is 18.2 Å². The number of hydrogen-bond acceptors (Lipinski definition) is 4. The van der Waals surface area contributed by atoms with Gasteiger partial charge in [0.1, 0.15) is 5.82 Å². The van der Waals surface area contributed by atoms with E-state index in [-0.39, 0.29) is 15.4 Å². The van der Waals surface area contributed by atoms with E-state index < -0.39 is 21.9 Å². The Bertz CT molecular complexity index is 796. The third-order valence-electron chi connectivity index (χ3n) is 3.46. The van der Waals surface area contributed by atoms with E-state index in [0.717, 1.165) is 5.56 Å². The number of sulfone groups is 1. The van der Waals surface area contributed by atoms with E-state index in [1.54, 1.807) is 25.1 Å². The van der Waals surface area contributed by atoms with Crippen LogP contribution in [0.1, 0.15) is 17.4 Å². The van der Waals surface area contributed by atoms with Crippen molar-refractivity contribution < 1.29 is 22.3 Å². The van der Waals surface area contributed by atoms with Gasteiger partial charge in [0.2, 0.25) is 9.84 Å². The molecule has 0 unspecified atom stereocenters. The van der Waals surface area contributed by atoms with E-state index in [9.17, 15) is 12.8 Å². The molecule has 0 spiro atoms. The Labute approximate surface area is 128 Å². The molecule has 0 amide bonds. The van der Waals surface area contributed by atoms with Gasteiger partial charge in [0.05, 0.1) is 28.6 Å². The minimum atomic E-state index is -3.85. The highest BCUT2D eigenvalue weighted by molar-refractivity contribution is 7.91. The summed E-state index contributed by atoms with van der Waals surface area (Å²) in [6, 6.07) is 10.5. The second-order valence-electron chi connectivity index (χ2n) is 5.05. The molecule has 0 saturated carbocycles. The normalized spacial score (nSPS) is 16.1. The van der Waals surface area contributed by atoms with Gasteiger partial charge in [0, 0.05) is 0 Å². The molecule has 1 aliphatic rings. The van der Waals surface area contributed by atoms with Crippen molar-refractivity contribution in [2.24, 2.45) is 0 Å². The lowest BCUT2D eigenvalue weighted by atomic mass is 10.2. The Morgan fingerprint density at radius 2 is 1.77 bits per heavy atom. The fourth-order valence-electron chi connectivity index (χ4n) is 2.41. The first-order valence-corrected chi connectivity index (χ1v) is 8.32. The molecule has 22 heavy (non-hydrogen) atoms. The number of aryl methyl sites for hydroxylation is 1. The minimum Gasteiger partial charge on any atom is -0.346 e. The summed E-state index contributed by atoms with van der Waals surface area (Å²) < 4.78 is 50.5. The third kappa shape index (κ3) is 2.65. The van der Waals surface area contributed by atoms with Crippen molar-refractivity contribution >= 4 is 9.84 Å². The maximum atomic E-state index is 14.2. The first kappa shape index (κ1) is 15.1. The molecule has 0 atom stereocenters. The van der Waals surface area contributed by atoms with Crippen LogP contribution in [0.3, 0.4) is 0 Å². The molecule has 1 saturated heterocycles. The van der Waals surface area contributed by atoms with Crippen LogP contribution < -0.4 is 0 Å². The fourth-order valence-corrected chi connectivity index (χ4v) is 4.01. The van der Waals surface area contributed by atoms with Crippen molar-refractivity contribution in [3.8, 4) is 0 Å². The van der Waals surface area contributed by atoms with Gasteiger partial charge < -0.3 is 9.47 Å². The van der Waals surface area contributed by atoms with E-state index in [0.29, 0.717) is 13.2 Å². The fraction of sp³-hybridized carbons (Fsp3) is 0.250. The number of halogens is 1. The summed E-state index contributed by atoms with van der Waals surface area (Å²) in [5.41, 5.74) is 0.744. The van der Waals surface area contributed by atoms with Gasteiger partial charge >= 0.3 is 0 Å². The van der Waals surface area contributed by atoms with Gasteiger partial charge in [0.25, 0.3) is 0 Å². The second-order valence-corrected chi connectivity index (χ2v) is 6.96. The van der Waals surface area contributed by atoms with Crippen molar-refractivity contribution in [2.75, 3.05) is 13.2 Å². The molecule has 1 heterocycles. The van der Waals surface area contributed by atoms with Crippen LogP contribution in [0.5, 0.6) is 0 Å². The van der Waals surface area contributed by atoms with Gasteiger partial charge in [-0.2, -0.15) is 0 Å². The zero-order chi connectivity index (χ0) is 15.7. The van der Waals surface area contributed by atoms with E-state index in [1.165, 1.54) is 24.3 Å². The molecule has 1 aliphatic heterocycles. The van der Waals surface area contributed by atoms with E-state index in [2.05, 4.69) is 0 Å². The summed E-state index contributed by atoms with van der Waals surface area (Å²) in [6.07, 6.45) is -0.990. The maximum absolute atomic E-state index is 14.2. The molecule has 4 nitrogen and oxygen atoms in total. The molecule has 116 valence electrons. The molecule has 2 aromatic carbocycles. The molecule has 0 aliphatic carbocycles. The maximum Gasteiger partial charge on any atom is 0.207 e. The van der Waals surface area contributed by atoms with Crippen LogP contribution in [0.2, 0.25) is 0 Å². The van der Waals surface area contributed by atoms with Gasteiger partial charge in [-0.3, -0.25) is 0 Å². The summed E-state index contributed by atoms with van der Waals surface area (Å²) in [7, 11) is -3.85. The van der Waals surface area contributed by atoms with Crippen LogP contribution in [0.15, 0.2) is 52.3 Å². The monoisotopic (exact) mass is 322 g/mol. The largest absolute Gasteiger partial charge is 0.346 e. The number of hydrogen-bond donors (Lipinski definition) is 0. The van der Waals surface area contributed by atoms with Crippen LogP contribution in [0, 0.1) is 12.7 Å². The van der Waals surface area contributed by atoms with Crippen LogP contribution >= 0.6 is 0 Å². The Balaban J connectivity index is 2.17. The molecule has 0 radical (unpaired) electrons. The Morgan fingerprint density at radius 3 is 2.45 bits per heavy atom. The van der Waals surface area contributed by atoms with E-state index in [4.69, 9.17) is 9.47 Å². The average Bonchev–Trinajstić information content (AvgIpc) is 3.01. The summed E-state index contributed by atoms with van der Waals surface area (Å²) in [5.74, 6) is -0.652. The lowest BCUT2D eigenvalue weighted by Gasteiger charge is -2.16. The smallest absolute Gasteiger partial charge is 0.207 e. The third-order valence-corrected chi connectivity index (χ3v) is 5.27. The lowest BCUT2D eigenvalue weighted by molar-refractivity contribution is -0.0486. The Morgan fingerprint density at radius 1 is 1.09 bits per heavy atom. The second kappa shape index (κ2) is 5.79. The van der Waals surface area contributed by atoms with Crippen LogP contribution in [0.25, 0.3) is 0 Å². The van der Waals surface area contributed by atoms with Crippen molar-refractivity contribution in [3.63, 3.8) is 0 Å². The quantitative estimate of drug-likeness (QED) is 0.872. The highest BCUT2D eigenvalue weighted by Crippen LogP contribution is 2.34. The summed E-state index contributed by atoms with van der Waals surface area (Å²) in [4.78, 5) is 0.00217. The van der Waals surface area contributed by atoms with Crippen molar-refractivity contribution in [1.29, 1.82) is 0 Å². The lowest BCUT2D eigenvalue weighted by Crippen LogP contribution is -2.11. The number of benzene rings is 2. The molecule has 0 bridgehead atoms. The van der Waals surface area contributed by atoms with Crippen LogP contribution in [-0.2, 0) is 19.3 Å². The average molecular weight is 322 g/mol. The topological polar surface area (TPSA) is 52.6 Å². The molecule has 2 aromatic rings. The van der Waals surface area contributed by atoms with Crippen molar-refractivity contribution in [2.45, 2.75) is 23.0 Å². The van der Waals surface area contributed by atoms with Gasteiger partial charge in [-0.05, 0) is 36.8 Å². The molecular weight excluding hydrogens is 307 g/mol. The summed E-state index contributed by atoms with van der Waals surface area (Å²) in [5, 5.41) is 0. The first-order valence-electron chi connectivity index (χ1n) is 6.83. The SMILES string of the molecule is Cc1cccc(S(=O)(=O)c2cccc(F)c2C2OCCO2)c1. The molecule has 0 aromatic heterocycles. The Hall–Kier alpha value is -1.76. The van der Waals surface area contributed by atoms with E-state index >= 15 is 0 Å². The molecule has 3 rings (SSSR count). The zero-order valence-corrected chi connectivity index (χ0v) is 12.8. The summed E-state index contributed by atoms with van der Waals surface area (Å²) >= 11 is 0. The minimum absolute atomic E-state index is 0.0680. The van der Waals surface area contributed by atoms with Gasteiger partial charge in [-0.15, -0.1) is 0 Å². The Kier molecular flexibility index (Phi) is 3.99. The standard InChI is InChI=1S/C16H15FO4S/c1-11-4-2-5-12(10-11)22(18,19)14-7-3-6-13(17)15(14)16-20-8-9-21-16/h2-7,10,16H,8-9H2,1H3. The molecule has 1 fully saturated rings. The predicted octanol–water partition coefficient (Wildman–Crippen LogP) is 3.01. The predicted molar refractivity (Wildman–Crippen MR) is 77.7 cm³/mol.